The van der Waals surface area contributed by atoms with Crippen LogP contribution >= 0.6 is 0 Å². The van der Waals surface area contributed by atoms with Crippen molar-refractivity contribution < 1.29 is 62.3 Å². The summed E-state index contributed by atoms with van der Waals surface area (Å²) in [6.45, 7) is 5.21. The third-order valence-corrected chi connectivity index (χ3v) is 7.75. The third kappa shape index (κ3) is 37.1. The molecule has 2 nitrogen and oxygen atoms in total. The second-order valence-electron chi connectivity index (χ2n) is 11.5. The first kappa shape index (κ1) is 40.2. The smallest absolute Gasteiger partial charge is 1.00 e. The van der Waals surface area contributed by atoms with Crippen LogP contribution in [0.4, 0.5) is 0 Å². The quantitative estimate of drug-likeness (QED) is 0.0490. The molecule has 0 amide bonds. The van der Waals surface area contributed by atoms with Crippen molar-refractivity contribution in [3.8, 4) is 0 Å². The number of carbonyl (C=O) groups excluding carboxylic acids is 1. The van der Waals surface area contributed by atoms with E-state index < -0.39 is 0 Å². The van der Waals surface area contributed by atoms with E-state index >= 15 is 0 Å². The Labute approximate surface area is 278 Å². The SMILES string of the molecule is CCCCCCCCCCCCCCCCCC(=O)OCCCCCCCCCCCCCCCC.[H-].[K+]. The summed E-state index contributed by atoms with van der Waals surface area (Å²) in [4.78, 5) is 11.9. The van der Waals surface area contributed by atoms with Crippen molar-refractivity contribution in [2.24, 2.45) is 0 Å². The summed E-state index contributed by atoms with van der Waals surface area (Å²) in [5.74, 6) is 0.0272. The summed E-state index contributed by atoms with van der Waals surface area (Å²) in [7, 11) is 0. The van der Waals surface area contributed by atoms with Crippen LogP contribution in [0.2, 0.25) is 0 Å². The predicted octanol–water partition coefficient (Wildman–Crippen LogP) is 9.39. The average molecular weight is 549 g/mol. The van der Waals surface area contributed by atoms with Gasteiger partial charge in [-0.15, -0.1) is 0 Å². The third-order valence-electron chi connectivity index (χ3n) is 7.75. The zero-order valence-corrected chi connectivity index (χ0v) is 29.4. The minimum absolute atomic E-state index is 0. The van der Waals surface area contributed by atoms with Crippen LogP contribution in [0.1, 0.15) is 208 Å². The van der Waals surface area contributed by atoms with Gasteiger partial charge in [0.25, 0.3) is 0 Å². The second kappa shape index (κ2) is 37.1. The van der Waals surface area contributed by atoms with E-state index in [2.05, 4.69) is 13.8 Å². The molecule has 0 saturated heterocycles. The van der Waals surface area contributed by atoms with Crippen LogP contribution in [0, 0.1) is 0 Å². The molecular weight excluding hydrogens is 479 g/mol. The monoisotopic (exact) mass is 548 g/mol. The van der Waals surface area contributed by atoms with Gasteiger partial charge in [0.05, 0.1) is 6.61 Å². The van der Waals surface area contributed by atoms with Crippen LogP contribution < -0.4 is 51.4 Å². The number of hydrogen-bond acceptors (Lipinski definition) is 2. The number of hydrogen-bond donors (Lipinski definition) is 0. The Balaban J connectivity index is -0.00000612. The van der Waals surface area contributed by atoms with Gasteiger partial charge >= 0.3 is 57.4 Å². The topological polar surface area (TPSA) is 26.3 Å². The largest absolute Gasteiger partial charge is 1.00 e. The van der Waals surface area contributed by atoms with Gasteiger partial charge in [-0.3, -0.25) is 4.79 Å². The van der Waals surface area contributed by atoms with Gasteiger partial charge in [0.1, 0.15) is 0 Å². The van der Waals surface area contributed by atoms with Crippen molar-refractivity contribution >= 4 is 5.97 Å². The molecule has 3 heteroatoms. The van der Waals surface area contributed by atoms with E-state index in [0.717, 1.165) is 12.8 Å². The zero-order chi connectivity index (χ0) is 26.2. The molecule has 218 valence electrons. The van der Waals surface area contributed by atoms with E-state index in [-0.39, 0.29) is 58.8 Å². The maximum atomic E-state index is 11.9. The number of ether oxygens (including phenoxy) is 1. The normalized spacial score (nSPS) is 11.0. The first-order chi connectivity index (χ1) is 17.8. The summed E-state index contributed by atoms with van der Waals surface area (Å²) in [5, 5.41) is 0. The molecule has 0 N–H and O–H groups in total. The predicted molar refractivity (Wildman–Crippen MR) is 162 cm³/mol. The summed E-state index contributed by atoms with van der Waals surface area (Å²) in [6, 6.07) is 0. The molecule has 0 aliphatic heterocycles. The first-order valence-electron chi connectivity index (χ1n) is 17.0. The molecule has 0 fully saturated rings. The Morgan fingerprint density at radius 1 is 0.405 bits per heavy atom. The summed E-state index contributed by atoms with van der Waals surface area (Å²) in [6.07, 6.45) is 40.1. The number of unbranched alkanes of at least 4 members (excludes halogenated alkanes) is 27. The van der Waals surface area contributed by atoms with Gasteiger partial charge in [-0.2, -0.15) is 0 Å². The molecule has 37 heavy (non-hydrogen) atoms. The second-order valence-corrected chi connectivity index (χ2v) is 11.5. The van der Waals surface area contributed by atoms with E-state index in [9.17, 15) is 4.79 Å². The Bertz CT molecular complexity index is 383. The van der Waals surface area contributed by atoms with Crippen molar-refractivity contribution in [3.63, 3.8) is 0 Å². The molecule has 0 unspecified atom stereocenters. The fourth-order valence-corrected chi connectivity index (χ4v) is 5.20. The van der Waals surface area contributed by atoms with Gasteiger partial charge in [-0.1, -0.05) is 187 Å². The summed E-state index contributed by atoms with van der Waals surface area (Å²) >= 11 is 0. The molecule has 0 radical (unpaired) electrons. The van der Waals surface area contributed by atoms with Crippen LogP contribution in [0.25, 0.3) is 0 Å². The van der Waals surface area contributed by atoms with Crippen molar-refractivity contribution in [3.05, 3.63) is 0 Å². The fraction of sp³-hybridized carbons (Fsp3) is 0.971. The van der Waals surface area contributed by atoms with Gasteiger partial charge in [0.2, 0.25) is 0 Å². The van der Waals surface area contributed by atoms with E-state index in [0.29, 0.717) is 13.0 Å². The van der Waals surface area contributed by atoms with Crippen molar-refractivity contribution in [1.82, 2.24) is 0 Å². The Hall–Kier alpha value is 1.11. The maximum Gasteiger partial charge on any atom is 1.00 e. The Kier molecular flexibility index (Phi) is 40.4. The number of carbonyl (C=O) groups is 1. The van der Waals surface area contributed by atoms with E-state index in [1.807, 2.05) is 0 Å². The van der Waals surface area contributed by atoms with E-state index in [1.54, 1.807) is 0 Å². The van der Waals surface area contributed by atoms with Gasteiger partial charge in [-0.05, 0) is 12.8 Å². The van der Waals surface area contributed by atoms with E-state index in [1.165, 1.54) is 173 Å². The fourth-order valence-electron chi connectivity index (χ4n) is 5.20. The molecule has 0 heterocycles. The van der Waals surface area contributed by atoms with Crippen LogP contribution in [-0.4, -0.2) is 12.6 Å². The zero-order valence-electron chi connectivity index (χ0n) is 27.2. The molecule has 0 aliphatic carbocycles. The van der Waals surface area contributed by atoms with Gasteiger partial charge in [0, 0.05) is 6.42 Å². The first-order valence-corrected chi connectivity index (χ1v) is 17.0. The molecule has 0 aromatic heterocycles. The molecule has 0 spiro atoms. The summed E-state index contributed by atoms with van der Waals surface area (Å²) < 4.78 is 5.43. The standard InChI is InChI=1S/C34H68O2.K.H/c1-3-5-7-9-11-13-15-17-19-20-22-24-26-28-30-32-34(35)36-33-31-29-27-25-23-21-18-16-14-12-10-8-6-4-2;;/h3-33H2,1-2H3;;/q;+1;-1. The molecular formula is C34H69KO2. The molecule has 0 atom stereocenters. The molecule has 0 rings (SSSR count). The van der Waals surface area contributed by atoms with Crippen LogP contribution in [0.15, 0.2) is 0 Å². The number of rotatable bonds is 31. The van der Waals surface area contributed by atoms with Crippen molar-refractivity contribution in [2.45, 2.75) is 206 Å². The average Bonchev–Trinajstić information content (AvgIpc) is 2.88. The Morgan fingerprint density at radius 2 is 0.649 bits per heavy atom. The van der Waals surface area contributed by atoms with Gasteiger partial charge in [-0.25, -0.2) is 0 Å². The molecule has 0 aliphatic rings. The maximum absolute atomic E-state index is 11.9. The van der Waals surface area contributed by atoms with Gasteiger partial charge < -0.3 is 6.16 Å². The molecule has 0 aromatic carbocycles. The molecule has 0 aromatic rings. The minimum Gasteiger partial charge on any atom is -1.00 e. The van der Waals surface area contributed by atoms with Crippen LogP contribution in [0.5, 0.6) is 0 Å². The van der Waals surface area contributed by atoms with E-state index in [4.69, 9.17) is 4.74 Å². The van der Waals surface area contributed by atoms with Gasteiger partial charge in [0.15, 0.2) is 0 Å². The Morgan fingerprint density at radius 3 is 0.946 bits per heavy atom. The minimum atomic E-state index is 0. The van der Waals surface area contributed by atoms with Crippen LogP contribution in [0.3, 0.4) is 0 Å². The summed E-state index contributed by atoms with van der Waals surface area (Å²) in [5.41, 5.74) is 0. The molecule has 0 saturated carbocycles. The van der Waals surface area contributed by atoms with Crippen LogP contribution in [-0.2, 0) is 9.53 Å². The molecule has 0 bridgehead atoms. The van der Waals surface area contributed by atoms with Crippen molar-refractivity contribution in [1.29, 1.82) is 0 Å². The number of esters is 1. The van der Waals surface area contributed by atoms with Crippen molar-refractivity contribution in [2.75, 3.05) is 6.61 Å².